The average molecular weight is 146 g/mol. The van der Waals surface area contributed by atoms with Gasteiger partial charge in [-0.05, 0) is 0 Å². The van der Waals surface area contributed by atoms with Crippen LogP contribution in [0.2, 0.25) is 0 Å². The first-order valence-corrected chi connectivity index (χ1v) is 4.39. The summed E-state index contributed by atoms with van der Waals surface area (Å²) in [5.41, 5.74) is 0. The lowest BCUT2D eigenvalue weighted by atomic mass is 10.6. The van der Waals surface area contributed by atoms with Crippen LogP contribution in [0.5, 0.6) is 0 Å². The van der Waals surface area contributed by atoms with Crippen LogP contribution in [0.4, 0.5) is 0 Å². The van der Waals surface area contributed by atoms with Crippen molar-refractivity contribution in [3.05, 3.63) is 0 Å². The molecule has 1 saturated heterocycles. The highest BCUT2D eigenvalue weighted by Gasteiger charge is 2.10. The number of hydrogen-bond acceptors (Lipinski definition) is 2. The summed E-state index contributed by atoms with van der Waals surface area (Å²) in [5, 5.41) is 2.75. The van der Waals surface area contributed by atoms with E-state index in [0.717, 1.165) is 12.3 Å². The van der Waals surface area contributed by atoms with Gasteiger partial charge < -0.3 is 5.32 Å². The summed E-state index contributed by atoms with van der Waals surface area (Å²) in [6.07, 6.45) is 0. The number of nitrogens with zero attached hydrogens (tertiary/aromatic N) is 1. The van der Waals surface area contributed by atoms with Gasteiger partial charge in [-0.1, -0.05) is 10.7 Å². The monoisotopic (exact) mass is 146 g/mol. The lowest BCUT2D eigenvalue weighted by Gasteiger charge is -2.13. The number of hydrogen-bond donors (Lipinski definition) is 1. The summed E-state index contributed by atoms with van der Waals surface area (Å²) in [6, 6.07) is 0. The fraction of sp³-hybridized carbons (Fsp3) is 0.800. The van der Waals surface area contributed by atoms with Gasteiger partial charge in [-0.3, -0.25) is 9.16 Å². The van der Waals surface area contributed by atoms with Crippen molar-refractivity contribution in [3.8, 4) is 0 Å². The molecule has 1 atom stereocenters. The maximum atomic E-state index is 10.7. The van der Waals surface area contributed by atoms with Crippen molar-refractivity contribution in [1.82, 2.24) is 5.32 Å². The molecule has 1 N–H and O–H groups in total. The fourth-order valence-corrected chi connectivity index (χ4v) is 1.94. The van der Waals surface area contributed by atoms with Crippen LogP contribution in [-0.2, 0) is 15.5 Å². The van der Waals surface area contributed by atoms with Gasteiger partial charge in [0.1, 0.15) is 0 Å². The quantitative estimate of drug-likeness (QED) is 0.494. The highest BCUT2D eigenvalue weighted by Crippen LogP contribution is 1.91. The molecule has 0 bridgehead atoms. The topological polar surface area (TPSA) is 41.5 Å². The van der Waals surface area contributed by atoms with Gasteiger partial charge in [0.25, 0.3) is 0 Å². The van der Waals surface area contributed by atoms with Crippen LogP contribution in [0.3, 0.4) is 0 Å². The van der Waals surface area contributed by atoms with Gasteiger partial charge in [0.05, 0.1) is 5.75 Å². The van der Waals surface area contributed by atoms with E-state index in [2.05, 4.69) is 9.68 Å². The summed E-state index contributed by atoms with van der Waals surface area (Å²) in [4.78, 5) is 10.7. The largest absolute Gasteiger partial charge is 0.354 e. The minimum absolute atomic E-state index is 0.0312. The Labute approximate surface area is 56.9 Å². The molecule has 1 amide bonds. The predicted molar refractivity (Wildman–Crippen MR) is 38.5 cm³/mol. The minimum atomic E-state index is 0.0312. The normalized spacial score (nSPS) is 28.1. The van der Waals surface area contributed by atoms with E-state index < -0.39 is 0 Å². The molecule has 1 fully saturated rings. The van der Waals surface area contributed by atoms with Gasteiger partial charge in [0, 0.05) is 19.3 Å². The molecule has 0 aromatic carbocycles. The van der Waals surface area contributed by atoms with E-state index >= 15 is 0 Å². The SMILES string of the molecule is CN=S1CCNC(=O)C1. The Balaban J connectivity index is 2.51. The Kier molecular flexibility index (Phi) is 2.22. The molecule has 0 aromatic rings. The van der Waals surface area contributed by atoms with Gasteiger partial charge in [-0.15, -0.1) is 0 Å². The van der Waals surface area contributed by atoms with Crippen molar-refractivity contribution in [2.75, 3.05) is 25.1 Å². The molecule has 1 heterocycles. The molecular formula is C5H10N2OS. The van der Waals surface area contributed by atoms with Crippen LogP contribution in [0, 0.1) is 0 Å². The lowest BCUT2D eigenvalue weighted by Crippen LogP contribution is -2.38. The zero-order valence-electron chi connectivity index (χ0n) is 5.39. The fourth-order valence-electron chi connectivity index (χ4n) is 0.739. The molecule has 9 heavy (non-hydrogen) atoms. The van der Waals surface area contributed by atoms with E-state index in [4.69, 9.17) is 0 Å². The zero-order valence-corrected chi connectivity index (χ0v) is 6.20. The van der Waals surface area contributed by atoms with Crippen LogP contribution in [0.1, 0.15) is 0 Å². The van der Waals surface area contributed by atoms with Gasteiger partial charge >= 0.3 is 0 Å². The maximum absolute atomic E-state index is 10.7. The van der Waals surface area contributed by atoms with Crippen molar-refractivity contribution in [2.45, 2.75) is 0 Å². The molecule has 1 aliphatic heterocycles. The van der Waals surface area contributed by atoms with E-state index in [1.165, 1.54) is 0 Å². The predicted octanol–water partition coefficient (Wildman–Crippen LogP) is -0.452. The molecule has 0 aromatic heterocycles. The standard InChI is InChI=1S/C5H10N2OS/c1-6-9-3-2-7-5(8)4-9/h2-4H2,1H3,(H,7,8). The van der Waals surface area contributed by atoms with Crippen molar-refractivity contribution >= 4 is 16.6 Å². The van der Waals surface area contributed by atoms with E-state index in [0.29, 0.717) is 5.75 Å². The first-order valence-electron chi connectivity index (χ1n) is 2.87. The average Bonchev–Trinajstić information content (AvgIpc) is 1.88. The third kappa shape index (κ3) is 1.78. The lowest BCUT2D eigenvalue weighted by molar-refractivity contribution is -0.118. The molecule has 1 aliphatic rings. The minimum Gasteiger partial charge on any atom is -0.354 e. The molecule has 1 unspecified atom stereocenters. The van der Waals surface area contributed by atoms with Crippen molar-refractivity contribution in [2.24, 2.45) is 4.36 Å². The Morgan fingerprint density at radius 2 is 2.56 bits per heavy atom. The Morgan fingerprint density at radius 1 is 1.78 bits per heavy atom. The third-order valence-corrected chi connectivity index (χ3v) is 3.00. The number of rotatable bonds is 0. The van der Waals surface area contributed by atoms with Crippen molar-refractivity contribution in [1.29, 1.82) is 0 Å². The van der Waals surface area contributed by atoms with Gasteiger partial charge in [-0.25, -0.2) is 0 Å². The van der Waals surface area contributed by atoms with Crippen LogP contribution >= 0.6 is 0 Å². The summed E-state index contributed by atoms with van der Waals surface area (Å²) in [7, 11) is 1.81. The number of carbonyl (C=O) groups excluding carboxylic acids is 1. The summed E-state index contributed by atoms with van der Waals surface area (Å²) in [6.45, 7) is 0.805. The second-order valence-electron chi connectivity index (χ2n) is 1.84. The Bertz CT molecular complexity index is 155. The summed E-state index contributed by atoms with van der Waals surface area (Å²) >= 11 is 0. The second-order valence-corrected chi connectivity index (χ2v) is 3.83. The maximum Gasteiger partial charge on any atom is 0.231 e. The molecule has 0 radical (unpaired) electrons. The van der Waals surface area contributed by atoms with E-state index in [1.807, 2.05) is 0 Å². The van der Waals surface area contributed by atoms with Crippen LogP contribution in [0.25, 0.3) is 0 Å². The first kappa shape index (κ1) is 6.74. The molecule has 3 nitrogen and oxygen atoms in total. The highest BCUT2D eigenvalue weighted by atomic mass is 32.2. The number of carbonyl (C=O) groups is 1. The smallest absolute Gasteiger partial charge is 0.231 e. The van der Waals surface area contributed by atoms with Crippen LogP contribution in [-0.4, -0.2) is 31.0 Å². The van der Waals surface area contributed by atoms with Gasteiger partial charge in [0.15, 0.2) is 0 Å². The summed E-state index contributed by atoms with van der Waals surface area (Å²) < 4.78 is 4.06. The molecule has 0 aliphatic carbocycles. The Morgan fingerprint density at radius 3 is 3.00 bits per heavy atom. The van der Waals surface area contributed by atoms with Crippen molar-refractivity contribution in [3.63, 3.8) is 0 Å². The van der Waals surface area contributed by atoms with E-state index in [9.17, 15) is 4.79 Å². The zero-order chi connectivity index (χ0) is 6.69. The van der Waals surface area contributed by atoms with Crippen LogP contribution < -0.4 is 5.32 Å². The molecule has 0 saturated carbocycles. The third-order valence-electron chi connectivity index (χ3n) is 1.22. The van der Waals surface area contributed by atoms with Crippen LogP contribution in [0.15, 0.2) is 4.36 Å². The number of nitrogens with one attached hydrogen (secondary N) is 1. The molecule has 52 valence electrons. The molecular weight excluding hydrogens is 136 g/mol. The van der Waals surface area contributed by atoms with Gasteiger partial charge in [0.2, 0.25) is 5.91 Å². The van der Waals surface area contributed by atoms with E-state index in [1.54, 1.807) is 7.05 Å². The molecule has 0 spiro atoms. The van der Waals surface area contributed by atoms with Gasteiger partial charge in [-0.2, -0.15) is 0 Å². The first-order chi connectivity index (χ1) is 4.33. The number of amides is 1. The molecule has 1 rings (SSSR count). The van der Waals surface area contributed by atoms with E-state index in [-0.39, 0.29) is 16.6 Å². The second kappa shape index (κ2) is 2.96. The van der Waals surface area contributed by atoms with Crippen molar-refractivity contribution < 1.29 is 4.79 Å². The highest BCUT2D eigenvalue weighted by molar-refractivity contribution is 7.88. The Hall–Kier alpha value is -0.380. The summed E-state index contributed by atoms with van der Waals surface area (Å²) in [5.74, 6) is 1.79. The molecule has 4 heteroatoms.